The second-order valence-electron chi connectivity index (χ2n) is 8.50. The third-order valence-corrected chi connectivity index (χ3v) is 5.34. The van der Waals surface area contributed by atoms with Crippen LogP contribution in [0.1, 0.15) is 72.3 Å². The Bertz CT molecular complexity index is 881. The molecule has 0 bridgehead atoms. The quantitative estimate of drug-likeness (QED) is 0.333. The zero-order valence-corrected chi connectivity index (χ0v) is 20.6. The first kappa shape index (κ1) is 28.9. The van der Waals surface area contributed by atoms with E-state index in [-0.39, 0.29) is 30.9 Å². The number of nitrogens with two attached hydrogens (primary N) is 1. The molecule has 2 unspecified atom stereocenters. The summed E-state index contributed by atoms with van der Waals surface area (Å²) in [7, 11) is 0. The number of rotatable bonds is 12. The molecule has 34 heavy (non-hydrogen) atoms. The third-order valence-electron chi connectivity index (χ3n) is 5.34. The molecule has 0 aliphatic carbocycles. The lowest BCUT2D eigenvalue weighted by Crippen LogP contribution is -2.41. The summed E-state index contributed by atoms with van der Waals surface area (Å²) in [4.78, 5) is 47.5. The van der Waals surface area contributed by atoms with Gasteiger partial charge in [-0.05, 0) is 43.9 Å². The predicted molar refractivity (Wildman–Crippen MR) is 123 cm³/mol. The molecule has 190 valence electrons. The number of aliphatic carboxylic acids is 1. The number of ether oxygens (including phenoxy) is 4. The van der Waals surface area contributed by atoms with E-state index in [2.05, 4.69) is 0 Å². The van der Waals surface area contributed by atoms with E-state index in [9.17, 15) is 24.3 Å². The van der Waals surface area contributed by atoms with Crippen molar-refractivity contribution in [1.82, 2.24) is 0 Å². The van der Waals surface area contributed by atoms with Crippen molar-refractivity contribution in [1.29, 1.82) is 0 Å². The minimum atomic E-state index is -1.36. The summed E-state index contributed by atoms with van der Waals surface area (Å²) in [5.41, 5.74) is 5.68. The molecule has 0 radical (unpaired) electrons. The van der Waals surface area contributed by atoms with Crippen LogP contribution in [-0.4, -0.2) is 47.4 Å². The minimum Gasteiger partial charge on any atom is -0.480 e. The van der Waals surface area contributed by atoms with Gasteiger partial charge in [-0.1, -0.05) is 33.8 Å². The summed E-state index contributed by atoms with van der Waals surface area (Å²) in [6.45, 7) is 10.1. The van der Waals surface area contributed by atoms with Crippen molar-refractivity contribution in [3.05, 3.63) is 23.8 Å². The molecule has 3 atom stereocenters. The maximum Gasteiger partial charge on any atom is 0.508 e. The van der Waals surface area contributed by atoms with Crippen molar-refractivity contribution < 1.29 is 43.2 Å². The highest BCUT2D eigenvalue weighted by Gasteiger charge is 2.33. The van der Waals surface area contributed by atoms with Crippen molar-refractivity contribution in [3.8, 4) is 11.5 Å². The fraction of sp³-hybridized carbons (Fsp3) is 0.583. The van der Waals surface area contributed by atoms with Gasteiger partial charge in [-0.3, -0.25) is 14.4 Å². The fourth-order valence-electron chi connectivity index (χ4n) is 2.96. The molecule has 1 aromatic carbocycles. The van der Waals surface area contributed by atoms with Crippen molar-refractivity contribution >= 4 is 24.1 Å². The van der Waals surface area contributed by atoms with E-state index in [1.165, 1.54) is 18.2 Å². The maximum atomic E-state index is 12.1. The summed E-state index contributed by atoms with van der Waals surface area (Å²) >= 11 is 0. The summed E-state index contributed by atoms with van der Waals surface area (Å²) in [6, 6.07) is 2.99. The van der Waals surface area contributed by atoms with Gasteiger partial charge in [-0.15, -0.1) is 0 Å². The molecule has 3 N–H and O–H groups in total. The second-order valence-corrected chi connectivity index (χ2v) is 8.50. The Labute approximate surface area is 199 Å². The van der Waals surface area contributed by atoms with Gasteiger partial charge in [0.25, 0.3) is 0 Å². The lowest BCUT2D eigenvalue weighted by atomic mass is 9.82. The molecule has 0 fully saturated rings. The Balaban J connectivity index is 3.25. The Hall–Kier alpha value is -3.14. The Morgan fingerprint density at radius 3 is 2.06 bits per heavy atom. The molecular formula is C24H35NO9. The number of hydrogen-bond acceptors (Lipinski definition) is 9. The van der Waals surface area contributed by atoms with Crippen LogP contribution in [0.3, 0.4) is 0 Å². The van der Waals surface area contributed by atoms with Gasteiger partial charge in [0.1, 0.15) is 11.6 Å². The highest BCUT2D eigenvalue weighted by molar-refractivity contribution is 5.77. The van der Waals surface area contributed by atoms with E-state index < -0.39 is 47.5 Å². The number of carboxylic acids is 1. The van der Waals surface area contributed by atoms with E-state index in [0.29, 0.717) is 12.0 Å². The molecule has 0 amide bonds. The average Bonchev–Trinajstić information content (AvgIpc) is 2.78. The molecule has 1 aromatic rings. The molecule has 0 saturated heterocycles. The van der Waals surface area contributed by atoms with Crippen LogP contribution in [0.25, 0.3) is 0 Å². The van der Waals surface area contributed by atoms with E-state index in [4.69, 9.17) is 24.7 Å². The topological polar surface area (TPSA) is 151 Å². The fourth-order valence-corrected chi connectivity index (χ4v) is 2.96. The molecule has 0 aliphatic heterocycles. The van der Waals surface area contributed by atoms with Gasteiger partial charge >= 0.3 is 24.1 Å². The molecule has 1 rings (SSSR count). The molecular weight excluding hydrogens is 446 g/mol. The zero-order chi connectivity index (χ0) is 26.1. The van der Waals surface area contributed by atoms with Crippen LogP contribution in [0, 0.1) is 5.92 Å². The summed E-state index contributed by atoms with van der Waals surface area (Å²) in [6.07, 6.45) is -0.113. The monoisotopic (exact) mass is 481 g/mol. The van der Waals surface area contributed by atoms with Crippen molar-refractivity contribution in [2.75, 3.05) is 6.61 Å². The van der Waals surface area contributed by atoms with Crippen LogP contribution < -0.4 is 15.2 Å². The second kappa shape index (κ2) is 12.9. The van der Waals surface area contributed by atoms with Crippen LogP contribution in [-0.2, 0) is 23.9 Å². The van der Waals surface area contributed by atoms with Gasteiger partial charge in [0, 0.05) is 18.8 Å². The number of carbonyl (C=O) groups excluding carboxylic acids is 3. The van der Waals surface area contributed by atoms with Gasteiger partial charge in [0.2, 0.25) is 0 Å². The van der Waals surface area contributed by atoms with E-state index in [0.717, 1.165) is 0 Å². The number of carboxylic acid groups (broad SMARTS) is 1. The van der Waals surface area contributed by atoms with Gasteiger partial charge in [0.15, 0.2) is 11.5 Å². The van der Waals surface area contributed by atoms with Crippen LogP contribution >= 0.6 is 0 Å². The van der Waals surface area contributed by atoms with Crippen LogP contribution in [0.4, 0.5) is 4.79 Å². The summed E-state index contributed by atoms with van der Waals surface area (Å²) in [5.74, 6) is -3.76. The number of esters is 2. The highest BCUT2D eigenvalue weighted by atomic mass is 16.7. The molecule has 0 aromatic heterocycles. The SMILES string of the molecule is CCC(=O)Oc1ccc(C(C(C)COC(=O)OC(C)(C)CC)[C@H](N)C(=O)O)cc1OC(=O)CC. The number of carbonyl (C=O) groups is 4. The predicted octanol–water partition coefficient (Wildman–Crippen LogP) is 3.79. The summed E-state index contributed by atoms with van der Waals surface area (Å²) < 4.78 is 21.0. The van der Waals surface area contributed by atoms with Crippen LogP contribution in [0.2, 0.25) is 0 Å². The van der Waals surface area contributed by atoms with E-state index >= 15 is 0 Å². The smallest absolute Gasteiger partial charge is 0.480 e. The van der Waals surface area contributed by atoms with Gasteiger partial charge < -0.3 is 29.8 Å². The lowest BCUT2D eigenvalue weighted by Gasteiger charge is -2.28. The first-order valence-electron chi connectivity index (χ1n) is 11.2. The van der Waals surface area contributed by atoms with Crippen molar-refractivity contribution in [2.24, 2.45) is 11.7 Å². The minimum absolute atomic E-state index is 0.0225. The molecule has 0 heterocycles. The molecule has 0 aliphatic rings. The molecule has 10 nitrogen and oxygen atoms in total. The standard InChI is InChI=1S/C24H35NO9/c1-7-18(26)32-16-11-10-15(12-17(16)33-19(27)8-2)20(21(25)22(28)29)14(4)13-31-23(30)34-24(5,6)9-3/h10-12,14,20-21H,7-9,13,25H2,1-6H3,(H,28,29)/t14?,20?,21-/m0/s1. The maximum absolute atomic E-state index is 12.1. The lowest BCUT2D eigenvalue weighted by molar-refractivity contribution is -0.139. The molecule has 0 saturated carbocycles. The first-order valence-corrected chi connectivity index (χ1v) is 11.2. The van der Waals surface area contributed by atoms with E-state index in [1.54, 1.807) is 34.6 Å². The average molecular weight is 482 g/mol. The first-order chi connectivity index (χ1) is 15.8. The summed E-state index contributed by atoms with van der Waals surface area (Å²) in [5, 5.41) is 9.57. The van der Waals surface area contributed by atoms with Crippen LogP contribution in [0.15, 0.2) is 18.2 Å². The molecule has 10 heteroatoms. The number of hydrogen-bond donors (Lipinski definition) is 2. The van der Waals surface area contributed by atoms with Crippen molar-refractivity contribution in [3.63, 3.8) is 0 Å². The Kier molecular flexibility index (Phi) is 11.0. The largest absolute Gasteiger partial charge is 0.508 e. The number of benzene rings is 1. The Morgan fingerprint density at radius 2 is 1.56 bits per heavy atom. The third kappa shape index (κ3) is 8.66. The van der Waals surface area contributed by atoms with E-state index in [1.807, 2.05) is 6.92 Å². The van der Waals surface area contributed by atoms with Crippen molar-refractivity contribution in [2.45, 2.75) is 78.4 Å². The normalized spacial score (nSPS) is 13.9. The van der Waals surface area contributed by atoms with Gasteiger partial charge in [-0.2, -0.15) is 0 Å². The van der Waals surface area contributed by atoms with Gasteiger partial charge in [0.05, 0.1) is 6.61 Å². The zero-order valence-electron chi connectivity index (χ0n) is 20.6. The Morgan fingerprint density at radius 1 is 1.00 bits per heavy atom. The molecule has 0 spiro atoms. The van der Waals surface area contributed by atoms with Gasteiger partial charge in [-0.25, -0.2) is 4.79 Å². The van der Waals surface area contributed by atoms with Crippen LogP contribution in [0.5, 0.6) is 11.5 Å². The highest BCUT2D eigenvalue weighted by Crippen LogP contribution is 2.36.